The number of rotatable bonds is 0. The zero-order chi connectivity index (χ0) is 37.8. The van der Waals surface area contributed by atoms with Crippen LogP contribution < -0.4 is 0 Å². The van der Waals surface area contributed by atoms with Gasteiger partial charge in [-0.3, -0.25) is 38.4 Å². The van der Waals surface area contributed by atoms with Crippen LogP contribution in [-0.4, -0.2) is 76.2 Å². The largest absolute Gasteiger partial charge is 0.340 e. The lowest BCUT2D eigenvalue weighted by Gasteiger charge is -2.30. The molecule has 0 radical (unpaired) electrons. The van der Waals surface area contributed by atoms with Crippen molar-refractivity contribution in [3.63, 3.8) is 0 Å². The first-order valence-corrected chi connectivity index (χ1v) is 18.2. The van der Waals surface area contributed by atoms with Crippen molar-refractivity contribution in [2.75, 3.05) is 0 Å². The topological polar surface area (TPSA) is 220 Å². The number of carbonyl (C=O) groups excluding carboxylic acids is 8. The van der Waals surface area contributed by atoms with Gasteiger partial charge in [0.1, 0.15) is 11.3 Å². The summed E-state index contributed by atoms with van der Waals surface area (Å²) in [6.45, 7) is 0. The fourth-order valence-electron chi connectivity index (χ4n) is 10.5. The summed E-state index contributed by atoms with van der Waals surface area (Å²) in [6, 6.07) is 3.34. The van der Waals surface area contributed by atoms with Gasteiger partial charge in [0.15, 0.2) is 11.6 Å². The molecule has 266 valence electrons. The molecule has 0 aromatic carbocycles. The van der Waals surface area contributed by atoms with Gasteiger partial charge >= 0.3 is 0 Å². The van der Waals surface area contributed by atoms with Crippen molar-refractivity contribution >= 4 is 90.9 Å². The monoisotopic (exact) mass is 736 g/mol. The third-order valence-corrected chi connectivity index (χ3v) is 12.9. The van der Waals surface area contributed by atoms with Gasteiger partial charge in [-0.2, -0.15) is 0 Å². The number of nitrogens with one attached hydrogen (secondary N) is 2. The Morgan fingerprint density at radius 1 is 0.339 bits per heavy atom. The number of H-pyrrole nitrogens is 2. The minimum Gasteiger partial charge on any atom is -0.340 e. The SMILES string of the molecule is O=C1C(=O)C2C=CC1C1=C2c2nc1cc1[nH]c(nc3nc(cc4[nH]c(n2)c2c4C4C=CC2C(=O)C4=O)C2=C3C3C=CC2C(=O)C3=O)c2c1C1C=CC2C(=O)C1=O. The Bertz CT molecular complexity index is 2740. The molecule has 8 atom stereocenters. The molecule has 16 bridgehead atoms. The molecular weight excluding hydrogens is 716 g/mol. The minimum atomic E-state index is -0.961. The second kappa shape index (κ2) is 9.52. The third kappa shape index (κ3) is 3.28. The third-order valence-electron chi connectivity index (χ3n) is 12.9. The second-order valence-corrected chi connectivity index (χ2v) is 15.5. The fourth-order valence-corrected chi connectivity index (χ4v) is 10.5. The molecule has 2 aliphatic heterocycles. The van der Waals surface area contributed by atoms with Crippen molar-refractivity contribution in [2.45, 2.75) is 23.7 Å². The highest BCUT2D eigenvalue weighted by Crippen LogP contribution is 2.53. The lowest BCUT2D eigenvalue weighted by molar-refractivity contribution is -0.138. The van der Waals surface area contributed by atoms with Gasteiger partial charge in [-0.15, -0.1) is 0 Å². The quantitative estimate of drug-likeness (QED) is 0.251. The summed E-state index contributed by atoms with van der Waals surface area (Å²) < 4.78 is 0. The van der Waals surface area contributed by atoms with E-state index in [-0.39, 0.29) is 22.9 Å². The highest BCUT2D eigenvalue weighted by Gasteiger charge is 2.51. The van der Waals surface area contributed by atoms with Crippen molar-refractivity contribution < 1.29 is 38.4 Å². The lowest BCUT2D eigenvalue weighted by atomic mass is 9.69. The Labute approximate surface area is 311 Å². The van der Waals surface area contributed by atoms with Gasteiger partial charge in [-0.25, -0.2) is 19.9 Å². The smallest absolute Gasteiger partial charge is 0.210 e. The van der Waals surface area contributed by atoms with Crippen LogP contribution in [0.25, 0.3) is 44.6 Å². The molecule has 14 aliphatic rings. The molecule has 12 aliphatic carbocycles. The molecule has 2 N–H and O–H groups in total. The average molecular weight is 737 g/mol. The first-order chi connectivity index (χ1) is 27.1. The van der Waals surface area contributed by atoms with E-state index in [9.17, 15) is 38.4 Å². The maximum Gasteiger partial charge on any atom is 0.210 e. The van der Waals surface area contributed by atoms with E-state index >= 15 is 0 Å². The van der Waals surface area contributed by atoms with Crippen molar-refractivity contribution in [1.29, 1.82) is 0 Å². The predicted octanol–water partition coefficient (Wildman–Crippen LogP) is 2.61. The van der Waals surface area contributed by atoms with Crippen molar-refractivity contribution in [1.82, 2.24) is 29.9 Å². The zero-order valence-corrected chi connectivity index (χ0v) is 28.4. The number of nitrogens with zero attached hydrogens (tertiary/aromatic N) is 4. The Balaban J connectivity index is 1.21. The first-order valence-electron chi connectivity index (χ1n) is 18.2. The van der Waals surface area contributed by atoms with Crippen LogP contribution in [0.1, 0.15) is 69.0 Å². The number of fused-ring (bicyclic) bond motifs is 12. The molecule has 0 spiro atoms. The summed E-state index contributed by atoms with van der Waals surface area (Å²) in [4.78, 5) is 133. The minimum absolute atomic E-state index is 0.133. The van der Waals surface area contributed by atoms with Gasteiger partial charge in [0, 0.05) is 44.5 Å². The summed E-state index contributed by atoms with van der Waals surface area (Å²) in [5, 5.41) is 0. The summed E-state index contributed by atoms with van der Waals surface area (Å²) in [6.07, 6.45) is 13.4. The van der Waals surface area contributed by atoms with E-state index in [0.29, 0.717) is 67.0 Å². The molecule has 5 heterocycles. The van der Waals surface area contributed by atoms with Crippen LogP contribution in [-0.2, 0) is 38.4 Å². The van der Waals surface area contributed by atoms with Crippen molar-refractivity contribution in [3.8, 4) is 0 Å². The van der Waals surface area contributed by atoms with Gasteiger partial charge in [0.2, 0.25) is 46.3 Å². The summed E-state index contributed by atoms with van der Waals surface area (Å²) in [5.74, 6) is -12.0. The number of Topliss-reactive ketones (excluding diaryl/α,β-unsaturated/α-hetero) is 8. The number of aromatic amines is 2. The Morgan fingerprint density at radius 3 is 0.982 bits per heavy atom. The zero-order valence-electron chi connectivity index (χ0n) is 28.4. The summed E-state index contributed by atoms with van der Waals surface area (Å²) in [5.41, 5.74) is 5.62. The van der Waals surface area contributed by atoms with E-state index in [1.54, 1.807) is 60.7 Å². The molecule has 8 unspecified atom stereocenters. The fraction of sp³-hybridized carbons (Fsp3) is 0.190. The second-order valence-electron chi connectivity index (χ2n) is 15.5. The van der Waals surface area contributed by atoms with E-state index in [1.807, 2.05) is 0 Å². The van der Waals surface area contributed by atoms with Crippen LogP contribution in [0.4, 0.5) is 0 Å². The first kappa shape index (κ1) is 30.1. The standard InChI is InChI=1S/C42H20N6O8/c49-31-11-1-5-15(35(31)53)27-23(11)19-9-20-24-12-2-6-16(36(54)32(12)50)28(24)41(44-20)48-42-30-18-8-4-14(34(52)38(18)56)26(30)22(46-42)10-21-25-13-3-7-17(37(55)33(13)51)29(25)40(45-21)47-39(27)43-19/h1-18H,(H,43,45,47)(H,44,46,48). The van der Waals surface area contributed by atoms with Crippen LogP contribution in [0.5, 0.6) is 0 Å². The predicted molar refractivity (Wildman–Crippen MR) is 192 cm³/mol. The van der Waals surface area contributed by atoms with Gasteiger partial charge in [0.05, 0.1) is 58.7 Å². The van der Waals surface area contributed by atoms with Crippen LogP contribution in [0.2, 0.25) is 0 Å². The number of carbonyl (C=O) groups is 8. The summed E-state index contributed by atoms with van der Waals surface area (Å²) in [7, 11) is 0. The Hall–Kier alpha value is -7.22. The van der Waals surface area contributed by atoms with E-state index in [1.165, 1.54) is 0 Å². The molecule has 14 heteroatoms. The van der Waals surface area contributed by atoms with Crippen LogP contribution in [0, 0.1) is 23.7 Å². The van der Waals surface area contributed by atoms with Crippen molar-refractivity contribution in [3.05, 3.63) is 106 Å². The average Bonchev–Trinajstić information content (AvgIpc) is 3.96. The maximum absolute atomic E-state index is 13.4. The molecule has 56 heavy (non-hydrogen) atoms. The van der Waals surface area contributed by atoms with Crippen LogP contribution in [0.3, 0.4) is 0 Å². The molecule has 3 aromatic heterocycles. The molecule has 0 saturated carbocycles. The highest BCUT2D eigenvalue weighted by molar-refractivity contribution is 6.49. The van der Waals surface area contributed by atoms with Gasteiger partial charge in [0.25, 0.3) is 0 Å². The van der Waals surface area contributed by atoms with Gasteiger partial charge < -0.3 is 9.97 Å². The van der Waals surface area contributed by atoms with E-state index in [2.05, 4.69) is 9.97 Å². The number of ketones is 8. The molecule has 0 fully saturated rings. The van der Waals surface area contributed by atoms with E-state index < -0.39 is 93.6 Å². The molecule has 0 amide bonds. The number of aromatic nitrogens is 6. The Kier molecular flexibility index (Phi) is 5.13. The normalized spacial score (nSPS) is 30.7. The Morgan fingerprint density at radius 2 is 0.625 bits per heavy atom. The lowest BCUT2D eigenvalue weighted by Crippen LogP contribution is -2.38. The van der Waals surface area contributed by atoms with Crippen molar-refractivity contribution in [2.24, 2.45) is 23.7 Å². The molecule has 17 rings (SSSR count). The van der Waals surface area contributed by atoms with E-state index in [4.69, 9.17) is 19.9 Å². The van der Waals surface area contributed by atoms with Gasteiger partial charge in [-0.05, 0) is 23.3 Å². The van der Waals surface area contributed by atoms with E-state index in [0.717, 1.165) is 0 Å². The maximum atomic E-state index is 13.4. The van der Waals surface area contributed by atoms with Gasteiger partial charge in [-0.1, -0.05) is 48.6 Å². The molecule has 0 saturated heterocycles. The highest BCUT2D eigenvalue weighted by atomic mass is 16.2. The molecular formula is C42H20N6O8. The van der Waals surface area contributed by atoms with Crippen LogP contribution in [0.15, 0.2) is 60.7 Å². The number of allylic oxidation sites excluding steroid dienone is 12. The van der Waals surface area contributed by atoms with Crippen LogP contribution >= 0.6 is 0 Å². The summed E-state index contributed by atoms with van der Waals surface area (Å²) >= 11 is 0. The number of hydrogen-bond donors (Lipinski definition) is 2. The number of hydrogen-bond acceptors (Lipinski definition) is 12. The molecule has 14 nitrogen and oxygen atoms in total. The molecule has 3 aromatic rings.